The van der Waals surface area contributed by atoms with Gasteiger partial charge in [0.25, 0.3) is 5.91 Å². The lowest BCUT2D eigenvalue weighted by Crippen LogP contribution is -2.55. The Kier molecular flexibility index (Phi) is 8.83. The number of anilines is 3. The van der Waals surface area contributed by atoms with Crippen LogP contribution in [0.25, 0.3) is 5.57 Å². The van der Waals surface area contributed by atoms with Crippen LogP contribution in [-0.4, -0.2) is 78.2 Å². The summed E-state index contributed by atoms with van der Waals surface area (Å²) < 4.78 is 78.8. The maximum absolute atomic E-state index is 16.5. The maximum Gasteiger partial charge on any atom is 0.417 e. The van der Waals surface area contributed by atoms with Crippen LogP contribution in [0.1, 0.15) is 41.8 Å². The number of benzene rings is 1. The molecule has 2 N–H and O–H groups in total. The molecule has 2 aromatic heterocycles. The van der Waals surface area contributed by atoms with Crippen LogP contribution in [0, 0.1) is 11.6 Å². The molecule has 0 aliphatic carbocycles. The number of aromatic nitrogens is 3. The molecule has 0 spiro atoms. The Labute approximate surface area is 255 Å². The van der Waals surface area contributed by atoms with Crippen LogP contribution in [0.2, 0.25) is 0 Å². The SMILES string of the molecule is COc1cc(N2CC=C(c3c(F)cc(N4CC(C)N(C)C(C)C4)c(NC(=O)c4c[nH]c(=O)cc4C(F)(F)F)c3F)CC2)ncn1. The van der Waals surface area contributed by atoms with Crippen LogP contribution >= 0.6 is 0 Å². The van der Waals surface area contributed by atoms with Crippen LogP contribution in [0.15, 0.2) is 41.6 Å². The highest BCUT2D eigenvalue weighted by Crippen LogP contribution is 2.40. The number of alkyl halides is 3. The predicted octanol–water partition coefficient (Wildman–Crippen LogP) is 4.55. The molecule has 45 heavy (non-hydrogen) atoms. The highest BCUT2D eigenvalue weighted by atomic mass is 19.4. The topological polar surface area (TPSA) is 107 Å². The van der Waals surface area contributed by atoms with E-state index in [2.05, 4.69) is 25.2 Å². The van der Waals surface area contributed by atoms with Crippen LogP contribution in [0.5, 0.6) is 5.88 Å². The van der Waals surface area contributed by atoms with E-state index in [0.717, 1.165) is 6.07 Å². The molecule has 15 heteroatoms. The Morgan fingerprint density at radius 2 is 1.80 bits per heavy atom. The van der Waals surface area contributed by atoms with Crippen LogP contribution in [0.3, 0.4) is 0 Å². The average Bonchev–Trinajstić information content (AvgIpc) is 3.00. The van der Waals surface area contributed by atoms with Crippen molar-refractivity contribution < 1.29 is 31.5 Å². The fraction of sp³-hybridized carbons (Fsp3) is 0.400. The quantitative estimate of drug-likeness (QED) is 0.381. The molecule has 2 aliphatic heterocycles. The standard InChI is InChI=1S/C30H32F5N7O3/c1-16-13-42(14-17(2)40(16)3)22-10-21(31)26(18-5-7-41(8-6-18)23-11-25(45-4)38-15-37-23)27(32)28(22)39-29(44)19-12-36-24(43)9-20(19)30(33,34)35/h5,9-12,15-17H,6-8,13-14H2,1-4H3,(H,36,43)(H,39,44). The van der Waals surface area contributed by atoms with Crippen molar-refractivity contribution in [3.63, 3.8) is 0 Å². The van der Waals surface area contributed by atoms with Crippen LogP contribution < -0.4 is 25.4 Å². The summed E-state index contributed by atoms with van der Waals surface area (Å²) in [7, 11) is 3.39. The number of methoxy groups -OCH3 is 1. The Hall–Kier alpha value is -4.53. The predicted molar refractivity (Wildman–Crippen MR) is 159 cm³/mol. The number of ether oxygens (including phenoxy) is 1. The summed E-state index contributed by atoms with van der Waals surface area (Å²) in [4.78, 5) is 40.9. The van der Waals surface area contributed by atoms with E-state index in [-0.39, 0.29) is 42.4 Å². The molecular formula is C30H32F5N7O3. The van der Waals surface area contributed by atoms with E-state index in [9.17, 15) is 22.8 Å². The number of halogens is 5. The van der Waals surface area contributed by atoms with E-state index in [1.165, 1.54) is 13.4 Å². The zero-order chi connectivity index (χ0) is 32.6. The van der Waals surface area contributed by atoms with Gasteiger partial charge in [-0.1, -0.05) is 6.08 Å². The number of amides is 1. The van der Waals surface area contributed by atoms with Gasteiger partial charge in [0.15, 0.2) is 5.82 Å². The highest BCUT2D eigenvalue weighted by Gasteiger charge is 2.37. The fourth-order valence-corrected chi connectivity index (χ4v) is 5.66. The van der Waals surface area contributed by atoms with Crippen LogP contribution in [-0.2, 0) is 6.18 Å². The molecule has 2 aliphatic rings. The minimum absolute atomic E-state index is 0.00185. The number of likely N-dealkylation sites (N-methyl/N-ethyl adjacent to an activating group) is 1. The monoisotopic (exact) mass is 633 g/mol. The second-order valence-corrected chi connectivity index (χ2v) is 11.1. The third kappa shape index (κ3) is 6.48. The first kappa shape index (κ1) is 31.9. The second kappa shape index (κ2) is 12.5. The van der Waals surface area contributed by atoms with Crippen molar-refractivity contribution in [3.8, 4) is 5.88 Å². The first-order valence-corrected chi connectivity index (χ1v) is 14.2. The average molecular weight is 634 g/mol. The number of carbonyl (C=O) groups excluding carboxylic acids is 1. The number of nitrogens with zero attached hydrogens (tertiary/aromatic N) is 5. The van der Waals surface area contributed by atoms with E-state index in [1.54, 1.807) is 17.0 Å². The largest absolute Gasteiger partial charge is 0.481 e. The van der Waals surface area contributed by atoms with Crippen molar-refractivity contribution in [2.75, 3.05) is 55.5 Å². The molecule has 240 valence electrons. The zero-order valence-corrected chi connectivity index (χ0v) is 25.0. The van der Waals surface area contributed by atoms with Gasteiger partial charge in [-0.15, -0.1) is 0 Å². The summed E-state index contributed by atoms with van der Waals surface area (Å²) in [5.74, 6) is -2.39. The molecule has 0 bridgehead atoms. The molecule has 1 amide bonds. The lowest BCUT2D eigenvalue weighted by molar-refractivity contribution is -0.138. The van der Waals surface area contributed by atoms with Gasteiger partial charge >= 0.3 is 6.18 Å². The van der Waals surface area contributed by atoms with Crippen molar-refractivity contribution in [1.29, 1.82) is 0 Å². The summed E-state index contributed by atoms with van der Waals surface area (Å²) in [6, 6.07) is 2.93. The molecule has 1 fully saturated rings. The van der Waals surface area contributed by atoms with Gasteiger partial charge in [0, 0.05) is 62.7 Å². The lowest BCUT2D eigenvalue weighted by atomic mass is 9.96. The van der Waals surface area contributed by atoms with Gasteiger partial charge < -0.3 is 24.8 Å². The van der Waals surface area contributed by atoms with Crippen molar-refractivity contribution in [1.82, 2.24) is 19.9 Å². The Morgan fingerprint density at radius 1 is 1.09 bits per heavy atom. The molecule has 10 nitrogen and oxygen atoms in total. The van der Waals surface area contributed by atoms with Gasteiger partial charge in [0.05, 0.1) is 29.5 Å². The zero-order valence-electron chi connectivity index (χ0n) is 25.0. The first-order valence-electron chi connectivity index (χ1n) is 14.2. The normalized spacial score (nSPS) is 19.4. The van der Waals surface area contributed by atoms with Gasteiger partial charge in [0.2, 0.25) is 11.4 Å². The number of hydrogen-bond acceptors (Lipinski definition) is 8. The second-order valence-electron chi connectivity index (χ2n) is 11.1. The van der Waals surface area contributed by atoms with Crippen molar-refractivity contribution in [2.24, 2.45) is 0 Å². The van der Waals surface area contributed by atoms with E-state index < -0.39 is 46.1 Å². The number of piperazine rings is 1. The Balaban J connectivity index is 1.56. The van der Waals surface area contributed by atoms with Gasteiger partial charge in [-0.05, 0) is 32.9 Å². The minimum atomic E-state index is -5.04. The molecule has 2 atom stereocenters. The van der Waals surface area contributed by atoms with Crippen molar-refractivity contribution >= 4 is 28.7 Å². The number of aromatic amines is 1. The Morgan fingerprint density at radius 3 is 2.42 bits per heavy atom. The lowest BCUT2D eigenvalue weighted by Gasteiger charge is -2.44. The molecule has 4 heterocycles. The molecule has 0 radical (unpaired) electrons. The summed E-state index contributed by atoms with van der Waals surface area (Å²) in [6.45, 7) is 5.14. The third-order valence-corrected chi connectivity index (χ3v) is 8.30. The van der Waals surface area contributed by atoms with Gasteiger partial charge in [0.1, 0.15) is 23.6 Å². The van der Waals surface area contributed by atoms with E-state index >= 15 is 8.78 Å². The molecule has 3 aromatic rings. The number of carbonyl (C=O) groups is 1. The molecule has 1 aromatic carbocycles. The number of hydrogen-bond donors (Lipinski definition) is 2. The summed E-state index contributed by atoms with van der Waals surface area (Å²) >= 11 is 0. The fourth-order valence-electron chi connectivity index (χ4n) is 5.66. The summed E-state index contributed by atoms with van der Waals surface area (Å²) in [5.41, 5.74) is -3.97. The third-order valence-electron chi connectivity index (χ3n) is 8.30. The van der Waals surface area contributed by atoms with E-state index in [4.69, 9.17) is 4.74 Å². The highest BCUT2D eigenvalue weighted by molar-refractivity contribution is 6.07. The summed E-state index contributed by atoms with van der Waals surface area (Å²) in [6.07, 6.45) is -1.23. The summed E-state index contributed by atoms with van der Waals surface area (Å²) in [5, 5.41) is 2.29. The van der Waals surface area contributed by atoms with Gasteiger partial charge in [-0.25, -0.2) is 18.7 Å². The van der Waals surface area contributed by atoms with Gasteiger partial charge in [-0.2, -0.15) is 13.2 Å². The molecule has 2 unspecified atom stereocenters. The smallest absolute Gasteiger partial charge is 0.417 e. The number of pyridine rings is 1. The molecule has 1 saturated heterocycles. The number of rotatable bonds is 6. The van der Waals surface area contributed by atoms with Gasteiger partial charge in [-0.3, -0.25) is 14.5 Å². The number of nitrogens with one attached hydrogen (secondary N) is 2. The Bertz CT molecular complexity index is 1680. The minimum Gasteiger partial charge on any atom is -0.481 e. The van der Waals surface area contributed by atoms with E-state index in [1.807, 2.05) is 25.8 Å². The van der Waals surface area contributed by atoms with Crippen molar-refractivity contribution in [3.05, 3.63) is 75.5 Å². The molecule has 5 rings (SSSR count). The maximum atomic E-state index is 16.5. The van der Waals surface area contributed by atoms with E-state index in [0.29, 0.717) is 43.1 Å². The molecule has 0 saturated carbocycles. The first-order chi connectivity index (χ1) is 21.3. The molecular weight excluding hydrogens is 601 g/mol. The van der Waals surface area contributed by atoms with Crippen LogP contribution in [0.4, 0.5) is 39.1 Å². The van der Waals surface area contributed by atoms with Crippen molar-refractivity contribution in [2.45, 2.75) is 38.5 Å². The number of H-pyrrole nitrogens is 1.